The normalized spacial score (nSPS) is 9.90. The lowest BCUT2D eigenvalue weighted by molar-refractivity contribution is -0.841. The molecular formula is C6H11N3O+2. The monoisotopic (exact) mass is 141 g/mol. The number of rotatable bonds is 0. The van der Waals surface area contributed by atoms with Crippen molar-refractivity contribution in [1.82, 2.24) is 5.10 Å². The largest absolute Gasteiger partial charge is 0.429 e. The first-order valence-electron chi connectivity index (χ1n) is 3.06. The topological polar surface area (TPSA) is 40.6 Å². The van der Waals surface area contributed by atoms with Gasteiger partial charge in [0.2, 0.25) is 0 Å². The van der Waals surface area contributed by atoms with Crippen LogP contribution in [-0.4, -0.2) is 5.10 Å². The Morgan fingerprint density at radius 2 is 2.10 bits per heavy atom. The standard InChI is InChI=1S/C6H10N3O/c1-5-6(10)7-9(3)4-8(5)2/h4H,1-3H3/q+1/p+1. The van der Waals surface area contributed by atoms with E-state index in [9.17, 15) is 4.79 Å². The van der Waals surface area contributed by atoms with E-state index in [1.165, 1.54) is 0 Å². The lowest BCUT2D eigenvalue weighted by Gasteiger charge is -1.87. The molecule has 1 aromatic rings. The molecule has 0 unspecified atom stereocenters. The van der Waals surface area contributed by atoms with Crippen molar-refractivity contribution in [2.45, 2.75) is 6.92 Å². The minimum absolute atomic E-state index is 0.0486. The fraction of sp³-hybridized carbons (Fsp3) is 0.500. The minimum atomic E-state index is -0.0486. The molecule has 0 spiro atoms. The van der Waals surface area contributed by atoms with E-state index < -0.39 is 0 Å². The molecule has 1 heterocycles. The van der Waals surface area contributed by atoms with E-state index >= 15 is 0 Å². The van der Waals surface area contributed by atoms with Crippen LogP contribution >= 0.6 is 0 Å². The SMILES string of the molecule is Cc1c(=O)[nH][n+](C)c[n+]1C. The molecule has 54 valence electrons. The van der Waals surface area contributed by atoms with Crippen LogP contribution in [0.25, 0.3) is 0 Å². The maximum Gasteiger partial charge on any atom is 0.429 e. The number of aryl methyl sites for hydroxylation is 2. The molecule has 4 nitrogen and oxygen atoms in total. The third kappa shape index (κ3) is 1.05. The molecule has 1 N–H and O–H groups in total. The van der Waals surface area contributed by atoms with Crippen LogP contribution < -0.4 is 14.8 Å². The average molecular weight is 141 g/mol. The summed E-state index contributed by atoms with van der Waals surface area (Å²) in [5.74, 6) is 0. The highest BCUT2D eigenvalue weighted by Crippen LogP contribution is 1.65. The summed E-state index contributed by atoms with van der Waals surface area (Å²) in [5, 5.41) is 2.62. The van der Waals surface area contributed by atoms with E-state index in [4.69, 9.17) is 0 Å². The van der Waals surface area contributed by atoms with Crippen LogP contribution in [0.15, 0.2) is 11.1 Å². The van der Waals surface area contributed by atoms with Gasteiger partial charge in [-0.3, -0.25) is 4.79 Å². The Labute approximate surface area is 58.7 Å². The molecule has 0 bridgehead atoms. The molecule has 4 heteroatoms. The molecule has 0 atom stereocenters. The Bertz CT molecular complexity index is 302. The first-order chi connectivity index (χ1) is 4.61. The van der Waals surface area contributed by atoms with E-state index in [1.807, 2.05) is 7.05 Å². The molecular weight excluding hydrogens is 130 g/mol. The van der Waals surface area contributed by atoms with Gasteiger partial charge in [-0.25, -0.2) is 0 Å². The summed E-state index contributed by atoms with van der Waals surface area (Å²) < 4.78 is 3.40. The second-order valence-corrected chi connectivity index (χ2v) is 2.36. The molecule has 0 radical (unpaired) electrons. The maximum absolute atomic E-state index is 11.0. The van der Waals surface area contributed by atoms with Crippen LogP contribution in [-0.2, 0) is 14.1 Å². The van der Waals surface area contributed by atoms with Crippen molar-refractivity contribution in [2.75, 3.05) is 0 Å². The van der Waals surface area contributed by atoms with Crippen molar-refractivity contribution in [3.63, 3.8) is 0 Å². The molecule has 10 heavy (non-hydrogen) atoms. The van der Waals surface area contributed by atoms with Gasteiger partial charge in [0.15, 0.2) is 7.05 Å². The summed E-state index contributed by atoms with van der Waals surface area (Å²) in [6, 6.07) is 0. The van der Waals surface area contributed by atoms with E-state index in [-0.39, 0.29) is 5.56 Å². The molecule has 0 aromatic carbocycles. The van der Waals surface area contributed by atoms with E-state index in [2.05, 4.69) is 5.10 Å². The van der Waals surface area contributed by atoms with Gasteiger partial charge in [0.05, 0.1) is 0 Å². The molecule has 0 aliphatic heterocycles. The molecule has 0 aliphatic rings. The lowest BCUT2D eigenvalue weighted by Crippen LogP contribution is -2.52. The van der Waals surface area contributed by atoms with Gasteiger partial charge in [-0.15, -0.1) is 9.67 Å². The van der Waals surface area contributed by atoms with Crippen LogP contribution in [0.5, 0.6) is 0 Å². The second kappa shape index (κ2) is 2.21. The van der Waals surface area contributed by atoms with Gasteiger partial charge in [-0.2, -0.15) is 0 Å². The zero-order valence-electron chi connectivity index (χ0n) is 6.38. The smallest absolute Gasteiger partial charge is 0.257 e. The number of hydrogen-bond donors (Lipinski definition) is 1. The minimum Gasteiger partial charge on any atom is -0.257 e. The summed E-state index contributed by atoms with van der Waals surface area (Å²) >= 11 is 0. The highest BCUT2D eigenvalue weighted by molar-refractivity contribution is 4.77. The fourth-order valence-electron chi connectivity index (χ4n) is 0.777. The molecule has 1 aromatic heterocycles. The van der Waals surface area contributed by atoms with Crippen molar-refractivity contribution in [3.8, 4) is 0 Å². The van der Waals surface area contributed by atoms with Crippen LogP contribution in [0, 0.1) is 6.92 Å². The Hall–Kier alpha value is -1.19. The van der Waals surface area contributed by atoms with Gasteiger partial charge in [0.25, 0.3) is 5.69 Å². The molecule has 0 amide bonds. The Kier molecular flexibility index (Phi) is 1.53. The molecule has 0 saturated heterocycles. The van der Waals surface area contributed by atoms with Gasteiger partial charge in [0.1, 0.15) is 7.05 Å². The second-order valence-electron chi connectivity index (χ2n) is 2.36. The zero-order valence-corrected chi connectivity index (χ0v) is 6.38. The number of aromatic amines is 1. The summed E-state index contributed by atoms with van der Waals surface area (Å²) in [4.78, 5) is 11.0. The Morgan fingerprint density at radius 1 is 1.50 bits per heavy atom. The average Bonchev–Trinajstić information content (AvgIpc) is 1.82. The predicted octanol–water partition coefficient (Wildman–Crippen LogP) is -1.67. The fourth-order valence-corrected chi connectivity index (χ4v) is 0.777. The summed E-state index contributed by atoms with van der Waals surface area (Å²) in [7, 11) is 3.62. The van der Waals surface area contributed by atoms with Gasteiger partial charge < -0.3 is 0 Å². The van der Waals surface area contributed by atoms with Crippen molar-refractivity contribution in [1.29, 1.82) is 0 Å². The maximum atomic E-state index is 11.0. The highest BCUT2D eigenvalue weighted by atomic mass is 16.1. The molecule has 0 fully saturated rings. The Morgan fingerprint density at radius 3 is 2.60 bits per heavy atom. The van der Waals surface area contributed by atoms with Crippen molar-refractivity contribution in [2.24, 2.45) is 14.1 Å². The van der Waals surface area contributed by atoms with Gasteiger partial charge in [0, 0.05) is 6.92 Å². The third-order valence-electron chi connectivity index (χ3n) is 1.48. The summed E-state index contributed by atoms with van der Waals surface area (Å²) in [5.41, 5.74) is 0.658. The number of nitrogens with zero attached hydrogens (tertiary/aromatic N) is 2. The number of nitrogens with one attached hydrogen (secondary N) is 1. The van der Waals surface area contributed by atoms with Gasteiger partial charge >= 0.3 is 11.9 Å². The van der Waals surface area contributed by atoms with Crippen LogP contribution in [0.3, 0.4) is 0 Å². The quantitative estimate of drug-likeness (QED) is 0.431. The number of hydrogen-bond acceptors (Lipinski definition) is 1. The molecule has 1 rings (SSSR count). The van der Waals surface area contributed by atoms with Gasteiger partial charge in [-0.1, -0.05) is 4.68 Å². The van der Waals surface area contributed by atoms with E-state index in [0.29, 0.717) is 5.69 Å². The van der Waals surface area contributed by atoms with E-state index in [1.54, 1.807) is 29.5 Å². The van der Waals surface area contributed by atoms with Crippen LogP contribution in [0.4, 0.5) is 0 Å². The zero-order chi connectivity index (χ0) is 7.72. The highest BCUT2D eigenvalue weighted by Gasteiger charge is 2.09. The van der Waals surface area contributed by atoms with Crippen LogP contribution in [0.1, 0.15) is 5.69 Å². The third-order valence-corrected chi connectivity index (χ3v) is 1.48. The van der Waals surface area contributed by atoms with Crippen molar-refractivity contribution >= 4 is 0 Å². The number of aromatic nitrogens is 3. The summed E-state index contributed by atoms with van der Waals surface area (Å²) in [6.07, 6.45) is 1.80. The lowest BCUT2D eigenvalue weighted by atomic mass is 10.5. The van der Waals surface area contributed by atoms with Crippen molar-refractivity contribution < 1.29 is 9.25 Å². The van der Waals surface area contributed by atoms with Crippen LogP contribution in [0.2, 0.25) is 0 Å². The van der Waals surface area contributed by atoms with Crippen molar-refractivity contribution in [3.05, 3.63) is 22.4 Å². The first kappa shape index (κ1) is 6.92. The predicted molar refractivity (Wildman–Crippen MR) is 34.2 cm³/mol. The molecule has 0 aliphatic carbocycles. The molecule has 0 saturated carbocycles. The van der Waals surface area contributed by atoms with Gasteiger partial charge in [-0.05, 0) is 0 Å². The number of H-pyrrole nitrogens is 1. The first-order valence-corrected chi connectivity index (χ1v) is 3.06. The summed E-state index contributed by atoms with van der Waals surface area (Å²) in [6.45, 7) is 1.78. The Balaban J connectivity index is 3.46. The van der Waals surface area contributed by atoms with E-state index in [0.717, 1.165) is 0 Å².